The van der Waals surface area contributed by atoms with Crippen molar-refractivity contribution in [3.05, 3.63) is 83.9 Å². The van der Waals surface area contributed by atoms with Gasteiger partial charge in [0.1, 0.15) is 5.75 Å². The molecular weight excluding hydrogens is 412 g/mol. The number of anilines is 2. The van der Waals surface area contributed by atoms with E-state index < -0.39 is 10.0 Å². The van der Waals surface area contributed by atoms with Crippen molar-refractivity contribution >= 4 is 27.3 Å². The van der Waals surface area contributed by atoms with Gasteiger partial charge in [0.25, 0.3) is 15.9 Å². The van der Waals surface area contributed by atoms with Crippen molar-refractivity contribution < 1.29 is 17.9 Å². The van der Waals surface area contributed by atoms with Gasteiger partial charge in [-0.25, -0.2) is 8.42 Å². The fraction of sp³-hybridized carbons (Fsp3) is 0.208. The molecule has 0 aliphatic heterocycles. The zero-order chi connectivity index (χ0) is 22.4. The highest BCUT2D eigenvalue weighted by molar-refractivity contribution is 7.92. The molecule has 0 atom stereocenters. The lowest BCUT2D eigenvalue weighted by molar-refractivity contribution is -0.118. The number of carbonyl (C=O) groups excluding carboxylic acids is 1. The average molecular weight is 439 g/mol. The van der Waals surface area contributed by atoms with Gasteiger partial charge in [0.15, 0.2) is 6.61 Å². The maximum atomic E-state index is 12.6. The molecule has 0 unspecified atom stereocenters. The molecule has 1 amide bonds. The van der Waals surface area contributed by atoms with Crippen LogP contribution in [0.1, 0.15) is 30.9 Å². The largest absolute Gasteiger partial charge is 0.483 e. The predicted molar refractivity (Wildman–Crippen MR) is 123 cm³/mol. The number of hydrogen-bond acceptors (Lipinski definition) is 4. The van der Waals surface area contributed by atoms with Crippen molar-refractivity contribution in [3.63, 3.8) is 0 Å². The number of nitrogens with one attached hydrogen (secondary N) is 2. The van der Waals surface area contributed by atoms with Gasteiger partial charge in [-0.1, -0.05) is 44.2 Å². The van der Waals surface area contributed by atoms with Crippen molar-refractivity contribution in [2.75, 3.05) is 16.6 Å². The molecule has 0 aromatic heterocycles. The first-order valence-electron chi connectivity index (χ1n) is 9.96. The quantitative estimate of drug-likeness (QED) is 0.522. The van der Waals surface area contributed by atoms with Gasteiger partial charge in [-0.15, -0.1) is 0 Å². The van der Waals surface area contributed by atoms with Crippen molar-refractivity contribution in [1.82, 2.24) is 0 Å². The normalized spacial score (nSPS) is 11.2. The molecule has 0 fully saturated rings. The molecule has 0 spiro atoms. The first-order valence-corrected chi connectivity index (χ1v) is 11.4. The fourth-order valence-corrected chi connectivity index (χ4v) is 4.12. The average Bonchev–Trinajstić information content (AvgIpc) is 2.72. The number of para-hydroxylation sites is 1. The minimum Gasteiger partial charge on any atom is -0.483 e. The molecule has 3 aromatic rings. The van der Waals surface area contributed by atoms with Crippen LogP contribution in [0.15, 0.2) is 77.7 Å². The molecule has 0 bridgehead atoms. The fourth-order valence-electron chi connectivity index (χ4n) is 3.07. The Morgan fingerprint density at radius 2 is 1.65 bits per heavy atom. The number of ether oxygens (including phenoxy) is 1. The Balaban J connectivity index is 1.60. The van der Waals surface area contributed by atoms with Gasteiger partial charge in [-0.3, -0.25) is 9.52 Å². The summed E-state index contributed by atoms with van der Waals surface area (Å²) >= 11 is 0. The van der Waals surface area contributed by atoms with E-state index in [2.05, 4.69) is 23.9 Å². The van der Waals surface area contributed by atoms with E-state index in [4.69, 9.17) is 4.74 Å². The molecule has 3 aromatic carbocycles. The van der Waals surface area contributed by atoms with E-state index in [1.165, 1.54) is 12.1 Å². The van der Waals surface area contributed by atoms with E-state index >= 15 is 0 Å². The van der Waals surface area contributed by atoms with E-state index in [0.29, 0.717) is 17.1 Å². The summed E-state index contributed by atoms with van der Waals surface area (Å²) in [6, 6.07) is 20.7. The highest BCUT2D eigenvalue weighted by Crippen LogP contribution is 2.26. The molecule has 162 valence electrons. The van der Waals surface area contributed by atoms with Gasteiger partial charge in [0, 0.05) is 11.4 Å². The summed E-state index contributed by atoms with van der Waals surface area (Å²) < 4.78 is 33.4. The summed E-state index contributed by atoms with van der Waals surface area (Å²) in [4.78, 5) is 12.4. The number of rotatable bonds is 8. The zero-order valence-electron chi connectivity index (χ0n) is 17.8. The van der Waals surface area contributed by atoms with Crippen molar-refractivity contribution in [3.8, 4) is 5.75 Å². The number of aryl methyl sites for hydroxylation is 1. The lowest BCUT2D eigenvalue weighted by Gasteiger charge is -2.14. The number of sulfonamides is 1. The van der Waals surface area contributed by atoms with E-state index in [1.54, 1.807) is 30.3 Å². The van der Waals surface area contributed by atoms with Crippen molar-refractivity contribution in [2.24, 2.45) is 0 Å². The number of carbonyl (C=O) groups is 1. The number of benzene rings is 3. The molecular formula is C24H26N2O4S. The monoisotopic (exact) mass is 438 g/mol. The van der Waals surface area contributed by atoms with Gasteiger partial charge in [-0.05, 0) is 66.4 Å². The Bertz CT molecular complexity index is 1160. The van der Waals surface area contributed by atoms with Crippen LogP contribution in [-0.4, -0.2) is 20.9 Å². The second-order valence-electron chi connectivity index (χ2n) is 7.53. The topological polar surface area (TPSA) is 84.5 Å². The Morgan fingerprint density at radius 3 is 2.32 bits per heavy atom. The molecule has 0 heterocycles. The number of hydrogen-bond donors (Lipinski definition) is 2. The van der Waals surface area contributed by atoms with Crippen molar-refractivity contribution in [2.45, 2.75) is 31.6 Å². The summed E-state index contributed by atoms with van der Waals surface area (Å²) in [5, 5.41) is 2.72. The van der Waals surface area contributed by atoms with Crippen LogP contribution in [0.5, 0.6) is 5.75 Å². The third-order valence-electron chi connectivity index (χ3n) is 4.62. The van der Waals surface area contributed by atoms with Crippen LogP contribution in [0.3, 0.4) is 0 Å². The van der Waals surface area contributed by atoms with Crippen LogP contribution >= 0.6 is 0 Å². The Morgan fingerprint density at radius 1 is 0.935 bits per heavy atom. The smallest absolute Gasteiger partial charge is 0.262 e. The van der Waals surface area contributed by atoms with E-state index in [9.17, 15) is 13.2 Å². The molecule has 31 heavy (non-hydrogen) atoms. The Labute approximate surface area is 183 Å². The number of amides is 1. The van der Waals surface area contributed by atoms with Gasteiger partial charge < -0.3 is 10.1 Å². The van der Waals surface area contributed by atoms with Crippen LogP contribution in [0.25, 0.3) is 0 Å². The van der Waals surface area contributed by atoms with Gasteiger partial charge in [0.05, 0.1) is 4.90 Å². The molecule has 0 saturated heterocycles. The van der Waals surface area contributed by atoms with Gasteiger partial charge in [0.2, 0.25) is 0 Å². The standard InChI is InChI=1S/C24H26N2O4S/c1-17(2)22-9-4-5-10-23(22)30-16-24(27)25-19-11-13-21(14-12-19)31(28,29)26-20-8-6-7-18(3)15-20/h4-15,17,26H,16H2,1-3H3,(H,25,27). The lowest BCUT2D eigenvalue weighted by Crippen LogP contribution is -2.20. The van der Waals surface area contributed by atoms with Crippen LogP contribution in [-0.2, 0) is 14.8 Å². The first kappa shape index (κ1) is 22.4. The highest BCUT2D eigenvalue weighted by atomic mass is 32.2. The van der Waals surface area contributed by atoms with Gasteiger partial charge in [-0.2, -0.15) is 0 Å². The van der Waals surface area contributed by atoms with Crippen LogP contribution < -0.4 is 14.8 Å². The first-order chi connectivity index (χ1) is 14.7. The third-order valence-corrected chi connectivity index (χ3v) is 6.02. The van der Waals surface area contributed by atoms with E-state index in [0.717, 1.165) is 11.1 Å². The molecule has 0 radical (unpaired) electrons. The second kappa shape index (κ2) is 9.66. The summed E-state index contributed by atoms with van der Waals surface area (Å²) in [6.45, 7) is 5.87. The summed E-state index contributed by atoms with van der Waals surface area (Å²) in [7, 11) is -3.72. The maximum Gasteiger partial charge on any atom is 0.262 e. The predicted octanol–water partition coefficient (Wildman–Crippen LogP) is 4.94. The molecule has 0 saturated carbocycles. The second-order valence-corrected chi connectivity index (χ2v) is 9.21. The molecule has 0 aliphatic carbocycles. The van der Waals surface area contributed by atoms with Crippen LogP contribution in [0.4, 0.5) is 11.4 Å². The van der Waals surface area contributed by atoms with Crippen LogP contribution in [0, 0.1) is 6.92 Å². The Kier molecular flexibility index (Phi) is 6.97. The SMILES string of the molecule is Cc1cccc(NS(=O)(=O)c2ccc(NC(=O)COc3ccccc3C(C)C)cc2)c1. The summed E-state index contributed by atoms with van der Waals surface area (Å²) in [5.74, 6) is 0.630. The maximum absolute atomic E-state index is 12.6. The van der Waals surface area contributed by atoms with Crippen LogP contribution in [0.2, 0.25) is 0 Å². The highest BCUT2D eigenvalue weighted by Gasteiger charge is 2.15. The molecule has 0 aliphatic rings. The zero-order valence-corrected chi connectivity index (χ0v) is 18.6. The lowest BCUT2D eigenvalue weighted by atomic mass is 10.0. The van der Waals surface area contributed by atoms with E-state index in [-0.39, 0.29) is 23.3 Å². The summed E-state index contributed by atoms with van der Waals surface area (Å²) in [6.07, 6.45) is 0. The van der Waals surface area contributed by atoms with Crippen molar-refractivity contribution in [1.29, 1.82) is 0 Å². The Hall–Kier alpha value is -3.32. The molecule has 7 heteroatoms. The van der Waals surface area contributed by atoms with E-state index in [1.807, 2.05) is 37.3 Å². The minimum atomic E-state index is -3.72. The third kappa shape index (κ3) is 6.08. The van der Waals surface area contributed by atoms with Gasteiger partial charge >= 0.3 is 0 Å². The molecule has 2 N–H and O–H groups in total. The molecule has 6 nitrogen and oxygen atoms in total. The molecule has 3 rings (SSSR count). The summed E-state index contributed by atoms with van der Waals surface area (Å²) in [5.41, 5.74) is 2.97. The minimum absolute atomic E-state index is 0.106.